The van der Waals surface area contributed by atoms with Gasteiger partial charge in [-0.3, -0.25) is 0 Å². The maximum Gasteiger partial charge on any atom is 0.0702 e. The van der Waals surface area contributed by atoms with Crippen LogP contribution < -0.4 is 5.73 Å². The van der Waals surface area contributed by atoms with Gasteiger partial charge in [-0.2, -0.15) is 0 Å². The molecule has 2 nitrogen and oxygen atoms in total. The van der Waals surface area contributed by atoms with Gasteiger partial charge in [0, 0.05) is 10.8 Å². The number of hydrogen-bond acceptors (Lipinski definition) is 2. The molecule has 0 aromatic heterocycles. The highest BCUT2D eigenvalue weighted by molar-refractivity contribution is 8.29. The third kappa shape index (κ3) is 3.65. The first-order valence-corrected chi connectivity index (χ1v) is 8.26. The largest absolute Gasteiger partial charge is 0.333 e. The summed E-state index contributed by atoms with van der Waals surface area (Å²) in [7, 11) is -0.956. The highest BCUT2D eigenvalue weighted by Crippen LogP contribution is 2.55. The highest BCUT2D eigenvalue weighted by atomic mass is 32.3. The summed E-state index contributed by atoms with van der Waals surface area (Å²) in [6.45, 7) is 6.82. The van der Waals surface area contributed by atoms with E-state index in [1.54, 1.807) is 0 Å². The Morgan fingerprint density at radius 1 is 1.07 bits per heavy atom. The van der Waals surface area contributed by atoms with E-state index in [9.17, 15) is 0 Å². The van der Waals surface area contributed by atoms with E-state index in [1.807, 2.05) is 0 Å². The van der Waals surface area contributed by atoms with E-state index in [4.69, 9.17) is 9.92 Å². The predicted octanol–water partition coefficient (Wildman–Crippen LogP) is 3.05. The molecule has 0 saturated heterocycles. The molecule has 0 atom stereocenters. The summed E-state index contributed by atoms with van der Waals surface area (Å²) in [5, 5.41) is 0. The van der Waals surface area contributed by atoms with Gasteiger partial charge in [0.1, 0.15) is 0 Å². The second-order valence-electron chi connectivity index (χ2n) is 5.98. The highest BCUT2D eigenvalue weighted by Gasteiger charge is 2.32. The van der Waals surface area contributed by atoms with Crippen LogP contribution in [0.4, 0.5) is 0 Å². The van der Waals surface area contributed by atoms with Crippen LogP contribution in [0.3, 0.4) is 0 Å². The molecule has 0 aliphatic heterocycles. The van der Waals surface area contributed by atoms with Gasteiger partial charge >= 0.3 is 0 Å². The van der Waals surface area contributed by atoms with Crippen LogP contribution in [0.5, 0.6) is 0 Å². The van der Waals surface area contributed by atoms with E-state index < -0.39 is 10.3 Å². The summed E-state index contributed by atoms with van der Waals surface area (Å²) < 4.78 is 6.59. The minimum Gasteiger partial charge on any atom is -0.333 e. The summed E-state index contributed by atoms with van der Waals surface area (Å²) in [6, 6.07) is 0.414. The van der Waals surface area contributed by atoms with Crippen molar-refractivity contribution in [2.45, 2.75) is 63.3 Å². The summed E-state index contributed by atoms with van der Waals surface area (Å²) in [5.41, 5.74) is 5.90. The standard InChI is InChI=1S/C12H27NOS/c1-12(2,3)15(4,5)14-11-8-6-10(13)7-9-11/h10-11H,6-9,13H2,1-5H3. The van der Waals surface area contributed by atoms with Gasteiger partial charge in [0.25, 0.3) is 0 Å². The van der Waals surface area contributed by atoms with Crippen LogP contribution >= 0.6 is 10.3 Å². The topological polar surface area (TPSA) is 35.2 Å². The SMILES string of the molecule is CC(C)(C)S(C)(C)OC1CCC(N)CC1. The monoisotopic (exact) mass is 233 g/mol. The lowest BCUT2D eigenvalue weighted by molar-refractivity contribution is 0.164. The van der Waals surface area contributed by atoms with Gasteiger partial charge < -0.3 is 9.92 Å². The zero-order chi connectivity index (χ0) is 11.7. The van der Waals surface area contributed by atoms with Gasteiger partial charge in [-0.15, -0.1) is 10.3 Å². The Morgan fingerprint density at radius 2 is 1.53 bits per heavy atom. The molecule has 0 radical (unpaired) electrons. The molecule has 1 rings (SSSR count). The Balaban J connectivity index is 2.48. The Bertz CT molecular complexity index is 202. The van der Waals surface area contributed by atoms with Crippen LogP contribution in [-0.4, -0.2) is 29.4 Å². The van der Waals surface area contributed by atoms with E-state index in [0.29, 0.717) is 12.1 Å². The third-order valence-corrected chi connectivity index (χ3v) is 7.27. The molecule has 1 aliphatic carbocycles. The molecule has 1 saturated carbocycles. The number of nitrogens with two attached hydrogens (primary N) is 1. The molecular weight excluding hydrogens is 206 g/mol. The molecule has 2 N–H and O–H groups in total. The molecule has 1 aliphatic rings. The predicted molar refractivity (Wildman–Crippen MR) is 70.5 cm³/mol. The quantitative estimate of drug-likeness (QED) is 0.795. The second-order valence-corrected chi connectivity index (χ2v) is 9.86. The summed E-state index contributed by atoms with van der Waals surface area (Å²) in [6.07, 6.45) is 9.56. The maximum absolute atomic E-state index is 6.32. The average molecular weight is 233 g/mol. The normalized spacial score (nSPS) is 30.3. The lowest BCUT2D eigenvalue weighted by atomic mass is 9.94. The van der Waals surface area contributed by atoms with E-state index in [2.05, 4.69) is 33.3 Å². The van der Waals surface area contributed by atoms with Gasteiger partial charge in [0.2, 0.25) is 0 Å². The van der Waals surface area contributed by atoms with Crippen LogP contribution in [0.25, 0.3) is 0 Å². The van der Waals surface area contributed by atoms with Crippen molar-refractivity contribution < 1.29 is 4.18 Å². The third-order valence-electron chi connectivity index (χ3n) is 3.57. The van der Waals surface area contributed by atoms with Crippen molar-refractivity contribution >= 4 is 10.3 Å². The molecule has 0 heterocycles. The van der Waals surface area contributed by atoms with Gasteiger partial charge in [0.05, 0.1) is 6.10 Å². The maximum atomic E-state index is 6.32. The molecule has 15 heavy (non-hydrogen) atoms. The fourth-order valence-electron chi connectivity index (χ4n) is 1.67. The molecule has 0 aromatic rings. The van der Waals surface area contributed by atoms with Crippen LogP contribution in [0, 0.1) is 0 Å². The van der Waals surface area contributed by atoms with Crippen LogP contribution in [0.15, 0.2) is 0 Å². The Kier molecular flexibility index (Phi) is 4.13. The first-order chi connectivity index (χ1) is 6.72. The Morgan fingerprint density at radius 3 is 1.93 bits per heavy atom. The van der Waals surface area contributed by atoms with Crippen molar-refractivity contribution in [1.29, 1.82) is 0 Å². The summed E-state index contributed by atoms with van der Waals surface area (Å²) in [5.74, 6) is 0. The fraction of sp³-hybridized carbons (Fsp3) is 1.00. The Labute approximate surface area is 96.5 Å². The average Bonchev–Trinajstić information content (AvgIpc) is 2.06. The summed E-state index contributed by atoms with van der Waals surface area (Å²) in [4.78, 5) is 0. The van der Waals surface area contributed by atoms with E-state index in [1.165, 1.54) is 0 Å². The van der Waals surface area contributed by atoms with Gasteiger partial charge in [0.15, 0.2) is 0 Å². The van der Waals surface area contributed by atoms with Gasteiger partial charge in [-0.05, 0) is 38.2 Å². The van der Waals surface area contributed by atoms with E-state index >= 15 is 0 Å². The molecule has 0 amide bonds. The summed E-state index contributed by atoms with van der Waals surface area (Å²) >= 11 is 0. The smallest absolute Gasteiger partial charge is 0.0702 e. The first kappa shape index (κ1) is 13.3. The van der Waals surface area contributed by atoms with Crippen molar-refractivity contribution in [1.82, 2.24) is 0 Å². The van der Waals surface area contributed by atoms with Gasteiger partial charge in [-0.25, -0.2) is 0 Å². The second kappa shape index (κ2) is 4.64. The van der Waals surface area contributed by atoms with Crippen LogP contribution in [-0.2, 0) is 4.18 Å². The fourth-order valence-corrected chi connectivity index (χ4v) is 2.83. The molecule has 92 valence electrons. The van der Waals surface area contributed by atoms with E-state index in [-0.39, 0.29) is 4.75 Å². The lowest BCUT2D eigenvalue weighted by Crippen LogP contribution is -2.34. The molecular formula is C12H27NOS. The Hall–Kier alpha value is 0.270. The minimum atomic E-state index is -0.956. The molecule has 1 fully saturated rings. The lowest BCUT2D eigenvalue weighted by Gasteiger charge is -2.47. The minimum absolute atomic E-state index is 0.270. The van der Waals surface area contributed by atoms with Crippen molar-refractivity contribution in [3.8, 4) is 0 Å². The zero-order valence-electron chi connectivity index (χ0n) is 10.9. The molecule has 3 heteroatoms. The first-order valence-electron chi connectivity index (χ1n) is 5.89. The van der Waals surface area contributed by atoms with Gasteiger partial charge in [-0.1, -0.05) is 20.8 Å². The van der Waals surface area contributed by atoms with Crippen LogP contribution in [0.2, 0.25) is 0 Å². The van der Waals surface area contributed by atoms with Crippen molar-refractivity contribution in [2.75, 3.05) is 12.5 Å². The molecule has 0 spiro atoms. The zero-order valence-corrected chi connectivity index (χ0v) is 11.7. The van der Waals surface area contributed by atoms with Crippen LogP contribution in [0.1, 0.15) is 46.5 Å². The van der Waals surface area contributed by atoms with E-state index in [0.717, 1.165) is 25.7 Å². The molecule has 0 aromatic carbocycles. The molecule has 0 bridgehead atoms. The van der Waals surface area contributed by atoms with Crippen molar-refractivity contribution in [2.24, 2.45) is 5.73 Å². The molecule has 0 unspecified atom stereocenters. The van der Waals surface area contributed by atoms with Crippen molar-refractivity contribution in [3.05, 3.63) is 0 Å². The van der Waals surface area contributed by atoms with Crippen molar-refractivity contribution in [3.63, 3.8) is 0 Å². The number of hydrogen-bond donors (Lipinski definition) is 1. The number of rotatable bonds is 2.